The molecule has 1 fully saturated rings. The predicted octanol–water partition coefficient (Wildman–Crippen LogP) is -1.01. The van der Waals surface area contributed by atoms with Crippen molar-refractivity contribution >= 4 is 11.6 Å². The molecule has 22 heavy (non-hydrogen) atoms. The number of aliphatic hydroxyl groups excluding tert-OH is 5. The maximum atomic E-state index is 10.4. The fourth-order valence-electron chi connectivity index (χ4n) is 2.97. The number of rotatable bonds is 2. The van der Waals surface area contributed by atoms with Gasteiger partial charge in [-0.05, 0) is 23.3 Å². The second-order valence-corrected chi connectivity index (χ2v) is 5.89. The smallest absolute Gasteiger partial charge is 0.225 e. The molecular formula is C14H17ClO7. The summed E-state index contributed by atoms with van der Waals surface area (Å²) in [4.78, 5) is 0. The molecule has 7 nitrogen and oxygen atoms in total. The van der Waals surface area contributed by atoms with Gasteiger partial charge in [-0.15, -0.1) is 0 Å². The van der Waals surface area contributed by atoms with Gasteiger partial charge in [0.25, 0.3) is 0 Å². The number of halogens is 1. The van der Waals surface area contributed by atoms with Gasteiger partial charge in [-0.3, -0.25) is 0 Å². The standard InChI is InChI=1S/C14H17ClO7/c15-9-2-7-5-21-14(8(7)1-6(9)3-16)13(20)12(19)11(18)10(4-17)22-14/h1-2,10-13,16-20H,3-5H2/t10-,11-,12+,13-,14+/m1/s1. The van der Waals surface area contributed by atoms with Gasteiger partial charge in [0.15, 0.2) is 0 Å². The largest absolute Gasteiger partial charge is 0.394 e. The molecule has 1 aromatic carbocycles. The summed E-state index contributed by atoms with van der Waals surface area (Å²) >= 11 is 6.03. The fourth-order valence-corrected chi connectivity index (χ4v) is 3.22. The number of benzene rings is 1. The molecule has 0 aromatic heterocycles. The molecule has 5 N–H and O–H groups in total. The van der Waals surface area contributed by atoms with E-state index in [4.69, 9.17) is 21.1 Å². The van der Waals surface area contributed by atoms with Crippen molar-refractivity contribution in [3.8, 4) is 0 Å². The predicted molar refractivity (Wildman–Crippen MR) is 73.8 cm³/mol. The molecule has 0 saturated carbocycles. The summed E-state index contributed by atoms with van der Waals surface area (Å²) in [5.74, 6) is -1.71. The van der Waals surface area contributed by atoms with E-state index in [0.29, 0.717) is 21.7 Å². The number of hydrogen-bond acceptors (Lipinski definition) is 7. The van der Waals surface area contributed by atoms with Crippen molar-refractivity contribution in [3.63, 3.8) is 0 Å². The van der Waals surface area contributed by atoms with Crippen molar-refractivity contribution in [2.24, 2.45) is 0 Å². The molecule has 2 heterocycles. The van der Waals surface area contributed by atoms with Crippen molar-refractivity contribution in [3.05, 3.63) is 33.8 Å². The third kappa shape index (κ3) is 2.17. The fraction of sp³-hybridized carbons (Fsp3) is 0.571. The molecule has 2 aliphatic rings. The minimum atomic E-state index is -1.71. The molecule has 122 valence electrons. The van der Waals surface area contributed by atoms with Crippen LogP contribution in [0.25, 0.3) is 0 Å². The molecule has 1 aromatic rings. The van der Waals surface area contributed by atoms with Gasteiger partial charge in [0.05, 0.1) is 19.8 Å². The lowest BCUT2D eigenvalue weighted by molar-refractivity contribution is -0.368. The van der Waals surface area contributed by atoms with E-state index < -0.39 is 36.8 Å². The van der Waals surface area contributed by atoms with Gasteiger partial charge in [0, 0.05) is 10.6 Å². The summed E-state index contributed by atoms with van der Waals surface area (Å²) < 4.78 is 11.2. The van der Waals surface area contributed by atoms with Crippen LogP contribution in [0.3, 0.4) is 0 Å². The van der Waals surface area contributed by atoms with Crippen LogP contribution in [0.1, 0.15) is 16.7 Å². The molecule has 8 heteroatoms. The van der Waals surface area contributed by atoms with Crippen LogP contribution in [0.2, 0.25) is 5.02 Å². The quantitative estimate of drug-likeness (QED) is 0.470. The summed E-state index contributed by atoms with van der Waals surface area (Å²) in [7, 11) is 0. The molecule has 3 rings (SSSR count). The monoisotopic (exact) mass is 332 g/mol. The highest BCUT2D eigenvalue weighted by Crippen LogP contribution is 2.46. The second-order valence-electron chi connectivity index (χ2n) is 5.48. The average Bonchev–Trinajstić information content (AvgIpc) is 2.86. The first kappa shape index (κ1) is 16.1. The van der Waals surface area contributed by atoms with Crippen LogP contribution in [-0.2, 0) is 28.5 Å². The molecule has 1 spiro atoms. The first-order valence-corrected chi connectivity index (χ1v) is 7.22. The Bertz CT molecular complexity index is 579. The Kier molecular flexibility index (Phi) is 4.17. The first-order chi connectivity index (χ1) is 10.4. The Morgan fingerprint density at radius 2 is 1.91 bits per heavy atom. The van der Waals surface area contributed by atoms with E-state index in [1.807, 2.05) is 0 Å². The Morgan fingerprint density at radius 3 is 2.55 bits per heavy atom. The van der Waals surface area contributed by atoms with E-state index in [1.54, 1.807) is 6.07 Å². The Labute approximate surface area is 131 Å². The summed E-state index contributed by atoms with van der Waals surface area (Å²) in [6, 6.07) is 3.13. The van der Waals surface area contributed by atoms with Gasteiger partial charge in [-0.2, -0.15) is 0 Å². The van der Waals surface area contributed by atoms with Gasteiger partial charge in [0.2, 0.25) is 5.79 Å². The highest BCUT2D eigenvalue weighted by molar-refractivity contribution is 6.31. The maximum absolute atomic E-state index is 10.4. The number of hydrogen-bond donors (Lipinski definition) is 5. The number of aliphatic hydroxyl groups is 5. The zero-order chi connectivity index (χ0) is 16.1. The zero-order valence-electron chi connectivity index (χ0n) is 11.5. The molecule has 0 amide bonds. The first-order valence-electron chi connectivity index (χ1n) is 6.84. The van der Waals surface area contributed by atoms with E-state index in [2.05, 4.69) is 0 Å². The summed E-state index contributed by atoms with van der Waals surface area (Å²) in [6.07, 6.45) is -5.66. The molecular weight excluding hydrogens is 316 g/mol. The molecule has 0 unspecified atom stereocenters. The van der Waals surface area contributed by atoms with Gasteiger partial charge >= 0.3 is 0 Å². The van der Waals surface area contributed by atoms with Gasteiger partial charge in [-0.25, -0.2) is 0 Å². The summed E-state index contributed by atoms with van der Waals surface area (Å²) in [5, 5.41) is 49.2. The molecule has 5 atom stereocenters. The molecule has 0 radical (unpaired) electrons. The highest BCUT2D eigenvalue weighted by atomic mass is 35.5. The van der Waals surface area contributed by atoms with Gasteiger partial charge < -0.3 is 35.0 Å². The maximum Gasteiger partial charge on any atom is 0.225 e. The zero-order valence-corrected chi connectivity index (χ0v) is 12.3. The van der Waals surface area contributed by atoms with Crippen molar-refractivity contribution in [2.75, 3.05) is 6.61 Å². The van der Waals surface area contributed by atoms with E-state index >= 15 is 0 Å². The van der Waals surface area contributed by atoms with Crippen molar-refractivity contribution in [1.82, 2.24) is 0 Å². The Hall–Kier alpha value is -0.770. The molecule has 0 aliphatic carbocycles. The van der Waals surface area contributed by atoms with E-state index in [9.17, 15) is 25.5 Å². The van der Waals surface area contributed by atoms with Crippen molar-refractivity contribution in [2.45, 2.75) is 43.4 Å². The topological polar surface area (TPSA) is 120 Å². The second kappa shape index (κ2) is 5.70. The minimum Gasteiger partial charge on any atom is -0.394 e. The SMILES string of the molecule is OCc1cc2c(cc1Cl)CO[C@]21O[C@H](CO)[C@@H](O)[C@H](O)[C@H]1O. The lowest BCUT2D eigenvalue weighted by Gasteiger charge is -2.46. The summed E-state index contributed by atoms with van der Waals surface area (Å²) in [6.45, 7) is -0.780. The van der Waals surface area contributed by atoms with Crippen LogP contribution in [0.5, 0.6) is 0 Å². The lowest BCUT2D eigenvalue weighted by atomic mass is 9.87. The Morgan fingerprint density at radius 1 is 1.18 bits per heavy atom. The van der Waals surface area contributed by atoms with E-state index in [0.717, 1.165) is 0 Å². The molecule has 0 bridgehead atoms. The van der Waals surface area contributed by atoms with Crippen molar-refractivity contribution < 1.29 is 35.0 Å². The number of fused-ring (bicyclic) bond motifs is 2. The lowest BCUT2D eigenvalue weighted by Crippen LogP contribution is -2.63. The average molecular weight is 333 g/mol. The number of ether oxygens (including phenoxy) is 2. The third-order valence-corrected chi connectivity index (χ3v) is 4.56. The van der Waals surface area contributed by atoms with E-state index in [1.165, 1.54) is 6.07 Å². The summed E-state index contributed by atoms with van der Waals surface area (Å²) in [5.41, 5.74) is 1.47. The van der Waals surface area contributed by atoms with Crippen LogP contribution < -0.4 is 0 Å². The van der Waals surface area contributed by atoms with Crippen LogP contribution >= 0.6 is 11.6 Å². The minimum absolute atomic E-state index is 0.0821. The normalized spacial score (nSPS) is 37.5. The van der Waals surface area contributed by atoms with Crippen LogP contribution in [0.15, 0.2) is 12.1 Å². The Balaban J connectivity index is 2.09. The van der Waals surface area contributed by atoms with Gasteiger partial charge in [0.1, 0.15) is 24.4 Å². The highest BCUT2D eigenvalue weighted by Gasteiger charge is 2.58. The van der Waals surface area contributed by atoms with Crippen molar-refractivity contribution in [1.29, 1.82) is 0 Å². The van der Waals surface area contributed by atoms with Gasteiger partial charge in [-0.1, -0.05) is 11.6 Å². The molecule has 1 saturated heterocycles. The third-order valence-electron chi connectivity index (χ3n) is 4.21. The van der Waals surface area contributed by atoms with Crippen LogP contribution in [0, 0.1) is 0 Å². The van der Waals surface area contributed by atoms with Crippen LogP contribution in [-0.4, -0.2) is 56.6 Å². The van der Waals surface area contributed by atoms with E-state index in [-0.39, 0.29) is 13.2 Å². The molecule has 2 aliphatic heterocycles. The van der Waals surface area contributed by atoms with Crippen LogP contribution in [0.4, 0.5) is 0 Å².